The molecular formula is C22H23ClN4O2S. The number of Topliss-reactive ketones (excluding diaryl/α,β-unsaturated/α-hetero) is 1. The predicted molar refractivity (Wildman–Crippen MR) is 120 cm³/mol. The van der Waals surface area contributed by atoms with Crippen LogP contribution in [0.2, 0.25) is 5.02 Å². The van der Waals surface area contributed by atoms with E-state index in [4.69, 9.17) is 11.6 Å². The Balaban J connectivity index is 1.78. The molecule has 0 bridgehead atoms. The molecule has 8 heteroatoms. The van der Waals surface area contributed by atoms with Gasteiger partial charge in [-0.3, -0.25) is 14.2 Å². The van der Waals surface area contributed by atoms with Crippen molar-refractivity contribution < 1.29 is 9.59 Å². The van der Waals surface area contributed by atoms with Gasteiger partial charge >= 0.3 is 0 Å². The first kappa shape index (κ1) is 22.1. The zero-order valence-corrected chi connectivity index (χ0v) is 18.5. The lowest BCUT2D eigenvalue weighted by molar-refractivity contribution is -0.118. The Bertz CT molecular complexity index is 1030. The molecule has 0 aliphatic heterocycles. The number of hydrogen-bond donors (Lipinski definition) is 1. The average Bonchev–Trinajstić information content (AvgIpc) is 3.12. The van der Waals surface area contributed by atoms with Crippen LogP contribution >= 0.6 is 23.4 Å². The molecule has 0 spiro atoms. The van der Waals surface area contributed by atoms with Crippen LogP contribution < -0.4 is 5.32 Å². The molecule has 0 radical (unpaired) electrons. The van der Waals surface area contributed by atoms with Crippen molar-refractivity contribution in [1.29, 1.82) is 0 Å². The molecule has 1 amide bonds. The molecule has 0 aliphatic rings. The monoisotopic (exact) mass is 442 g/mol. The van der Waals surface area contributed by atoms with E-state index in [2.05, 4.69) is 15.5 Å². The van der Waals surface area contributed by atoms with Crippen LogP contribution in [0.15, 0.2) is 53.7 Å². The summed E-state index contributed by atoms with van der Waals surface area (Å²) in [6.07, 6.45) is 1.36. The van der Waals surface area contributed by atoms with Crippen LogP contribution in [0.3, 0.4) is 0 Å². The third kappa shape index (κ3) is 5.93. The molecule has 156 valence electrons. The maximum absolute atomic E-state index is 12.6. The summed E-state index contributed by atoms with van der Waals surface area (Å²) < 4.78 is 1.92. The van der Waals surface area contributed by atoms with E-state index < -0.39 is 0 Å². The molecule has 3 aromatic rings. The summed E-state index contributed by atoms with van der Waals surface area (Å²) in [4.78, 5) is 23.6. The molecule has 0 saturated carbocycles. The van der Waals surface area contributed by atoms with Crippen LogP contribution in [0.1, 0.15) is 35.1 Å². The number of aromatic nitrogens is 3. The first-order valence-corrected chi connectivity index (χ1v) is 11.0. The van der Waals surface area contributed by atoms with Crippen molar-refractivity contribution in [1.82, 2.24) is 20.1 Å². The molecule has 30 heavy (non-hydrogen) atoms. The van der Waals surface area contributed by atoms with Crippen LogP contribution in [-0.2, 0) is 11.2 Å². The first-order chi connectivity index (χ1) is 14.4. The summed E-state index contributed by atoms with van der Waals surface area (Å²) in [7, 11) is 0. The summed E-state index contributed by atoms with van der Waals surface area (Å²) >= 11 is 7.53. The number of carbonyl (C=O) groups is 2. The minimum atomic E-state index is -0.0582. The van der Waals surface area contributed by atoms with Crippen molar-refractivity contribution in [3.8, 4) is 5.69 Å². The molecule has 0 aliphatic carbocycles. The molecule has 0 fully saturated rings. The number of rotatable bonds is 9. The highest BCUT2D eigenvalue weighted by molar-refractivity contribution is 7.99. The fourth-order valence-electron chi connectivity index (χ4n) is 2.89. The van der Waals surface area contributed by atoms with Gasteiger partial charge in [0.15, 0.2) is 10.9 Å². The van der Waals surface area contributed by atoms with Crippen molar-refractivity contribution in [3.63, 3.8) is 0 Å². The Hall–Kier alpha value is -2.64. The SMILES string of the molecule is CC(=O)NCCCc1nnc(SCC(=O)c2ccc(C)cc2)n1-c1cccc(Cl)c1. The largest absolute Gasteiger partial charge is 0.356 e. The highest BCUT2D eigenvalue weighted by Crippen LogP contribution is 2.25. The summed E-state index contributed by atoms with van der Waals surface area (Å²) in [5, 5.41) is 12.7. The number of nitrogens with one attached hydrogen (secondary N) is 1. The highest BCUT2D eigenvalue weighted by Gasteiger charge is 2.16. The Morgan fingerprint density at radius 1 is 1.13 bits per heavy atom. The fraction of sp³-hybridized carbons (Fsp3) is 0.273. The summed E-state index contributed by atoms with van der Waals surface area (Å²) in [5.41, 5.74) is 2.63. The lowest BCUT2D eigenvalue weighted by atomic mass is 10.1. The molecule has 1 heterocycles. The van der Waals surface area contributed by atoms with Crippen LogP contribution in [0.4, 0.5) is 0 Å². The van der Waals surface area contributed by atoms with Gasteiger partial charge in [0.2, 0.25) is 5.91 Å². The lowest BCUT2D eigenvalue weighted by Crippen LogP contribution is -2.21. The van der Waals surface area contributed by atoms with Gasteiger partial charge in [-0.2, -0.15) is 0 Å². The van der Waals surface area contributed by atoms with E-state index in [9.17, 15) is 9.59 Å². The van der Waals surface area contributed by atoms with Crippen LogP contribution in [0, 0.1) is 6.92 Å². The number of aryl methyl sites for hydroxylation is 2. The molecule has 2 aromatic carbocycles. The third-order valence-corrected chi connectivity index (χ3v) is 5.59. The van der Waals surface area contributed by atoms with E-state index >= 15 is 0 Å². The molecule has 1 aromatic heterocycles. The zero-order valence-electron chi connectivity index (χ0n) is 16.9. The number of benzene rings is 2. The molecule has 0 saturated heterocycles. The van der Waals surface area contributed by atoms with Gasteiger partial charge in [-0.1, -0.05) is 59.3 Å². The molecule has 0 unspecified atom stereocenters. The summed E-state index contributed by atoms with van der Waals surface area (Å²) in [5.74, 6) is 0.992. The maximum Gasteiger partial charge on any atom is 0.216 e. The van der Waals surface area contributed by atoms with Gasteiger partial charge in [0.25, 0.3) is 0 Å². The summed E-state index contributed by atoms with van der Waals surface area (Å²) in [6.45, 7) is 4.05. The number of halogens is 1. The van der Waals surface area contributed by atoms with E-state index in [1.807, 2.05) is 54.0 Å². The molecular weight excluding hydrogens is 420 g/mol. The first-order valence-electron chi connectivity index (χ1n) is 9.61. The standard InChI is InChI=1S/C22H23ClN4O2S/c1-15-8-10-17(11-9-15)20(29)14-30-22-26-25-21(7-4-12-24-16(2)28)27(22)19-6-3-5-18(23)13-19/h3,5-6,8-11,13H,4,7,12,14H2,1-2H3,(H,24,28). The highest BCUT2D eigenvalue weighted by atomic mass is 35.5. The second-order valence-corrected chi connectivity index (χ2v) is 8.26. The van der Waals surface area contributed by atoms with Crippen molar-refractivity contribution in [2.24, 2.45) is 0 Å². The van der Waals surface area contributed by atoms with E-state index in [0.717, 1.165) is 23.5 Å². The van der Waals surface area contributed by atoms with E-state index in [0.29, 0.717) is 28.7 Å². The quantitative estimate of drug-likeness (QED) is 0.304. The minimum absolute atomic E-state index is 0.0350. The maximum atomic E-state index is 12.6. The molecule has 1 N–H and O–H groups in total. The van der Waals surface area contributed by atoms with E-state index in [1.165, 1.54) is 18.7 Å². The molecule has 3 rings (SSSR count). The third-order valence-electron chi connectivity index (χ3n) is 4.42. The number of nitrogens with zero attached hydrogens (tertiary/aromatic N) is 3. The van der Waals surface area contributed by atoms with Crippen LogP contribution in [-0.4, -0.2) is 38.8 Å². The van der Waals surface area contributed by atoms with Gasteiger partial charge in [-0.15, -0.1) is 10.2 Å². The predicted octanol–water partition coefficient (Wildman–Crippen LogP) is 4.27. The van der Waals surface area contributed by atoms with Gasteiger partial charge in [0.05, 0.1) is 11.4 Å². The zero-order chi connectivity index (χ0) is 21.5. The Morgan fingerprint density at radius 2 is 1.90 bits per heavy atom. The van der Waals surface area contributed by atoms with E-state index in [1.54, 1.807) is 6.07 Å². The van der Waals surface area contributed by atoms with Gasteiger partial charge in [0, 0.05) is 30.5 Å². The smallest absolute Gasteiger partial charge is 0.216 e. The van der Waals surface area contributed by atoms with Gasteiger partial charge < -0.3 is 5.32 Å². The number of hydrogen-bond acceptors (Lipinski definition) is 5. The minimum Gasteiger partial charge on any atom is -0.356 e. The lowest BCUT2D eigenvalue weighted by Gasteiger charge is -2.11. The van der Waals surface area contributed by atoms with Crippen LogP contribution in [0.5, 0.6) is 0 Å². The van der Waals surface area contributed by atoms with Gasteiger partial charge in [-0.05, 0) is 31.5 Å². The summed E-state index contributed by atoms with van der Waals surface area (Å²) in [6, 6.07) is 15.0. The number of carbonyl (C=O) groups excluding carboxylic acids is 2. The second-order valence-electron chi connectivity index (χ2n) is 6.88. The van der Waals surface area contributed by atoms with Gasteiger partial charge in [-0.25, -0.2) is 0 Å². The molecule has 6 nitrogen and oxygen atoms in total. The van der Waals surface area contributed by atoms with Gasteiger partial charge in [0.1, 0.15) is 5.82 Å². The fourth-order valence-corrected chi connectivity index (χ4v) is 3.94. The normalized spacial score (nSPS) is 10.8. The number of amides is 1. The Kier molecular flexibility index (Phi) is 7.65. The van der Waals surface area contributed by atoms with Crippen LogP contribution in [0.25, 0.3) is 5.69 Å². The average molecular weight is 443 g/mol. The van der Waals surface area contributed by atoms with E-state index in [-0.39, 0.29) is 17.4 Å². The Labute approximate surface area is 185 Å². The molecule has 0 atom stereocenters. The van der Waals surface area contributed by atoms with Crippen molar-refractivity contribution in [3.05, 3.63) is 70.5 Å². The number of ketones is 1. The Morgan fingerprint density at radius 3 is 2.60 bits per heavy atom. The van der Waals surface area contributed by atoms with Crippen molar-refractivity contribution in [2.75, 3.05) is 12.3 Å². The second kappa shape index (κ2) is 10.4. The number of thioether (sulfide) groups is 1. The van der Waals surface area contributed by atoms with Crippen molar-refractivity contribution in [2.45, 2.75) is 31.8 Å². The van der Waals surface area contributed by atoms with Crippen molar-refractivity contribution >= 4 is 35.1 Å². The topological polar surface area (TPSA) is 76.9 Å².